The Labute approximate surface area is 121 Å². The summed E-state index contributed by atoms with van der Waals surface area (Å²) in [5.74, 6) is 0.113. The number of halogens is 1. The van der Waals surface area contributed by atoms with Gasteiger partial charge in [-0.3, -0.25) is 4.79 Å². The fraction of sp³-hybridized carbons (Fsp3) is 0.846. The van der Waals surface area contributed by atoms with Crippen molar-refractivity contribution < 1.29 is 14.3 Å². The molecule has 0 aromatic rings. The largest absolute Gasteiger partial charge is 0.464 e. The maximum Gasteiger partial charge on any atom is 0.331 e. The summed E-state index contributed by atoms with van der Waals surface area (Å²) in [6.07, 6.45) is 2.47. The summed E-state index contributed by atoms with van der Waals surface area (Å²) in [4.78, 5) is 23.4. The minimum atomic E-state index is -0.943. The topological polar surface area (TPSA) is 67.4 Å². The lowest BCUT2D eigenvalue weighted by Crippen LogP contribution is -2.50. The average Bonchev–Trinajstić information content (AvgIpc) is 2.79. The summed E-state index contributed by atoms with van der Waals surface area (Å²) < 4.78 is 4.92. The van der Waals surface area contributed by atoms with Crippen molar-refractivity contribution in [2.75, 3.05) is 19.7 Å². The highest BCUT2D eigenvalue weighted by atomic mass is 35.5. The van der Waals surface area contributed by atoms with Crippen LogP contribution in [0.2, 0.25) is 0 Å². The molecule has 6 heteroatoms. The van der Waals surface area contributed by atoms with Gasteiger partial charge >= 0.3 is 5.97 Å². The molecule has 1 aliphatic rings. The van der Waals surface area contributed by atoms with Crippen LogP contribution in [0, 0.1) is 5.92 Å². The van der Waals surface area contributed by atoms with E-state index in [1.807, 2.05) is 0 Å². The molecule has 0 aromatic carbocycles. The van der Waals surface area contributed by atoms with Gasteiger partial charge in [0.05, 0.1) is 6.61 Å². The molecule has 2 N–H and O–H groups in total. The first-order valence-electron chi connectivity index (χ1n) is 6.64. The van der Waals surface area contributed by atoms with Gasteiger partial charge < -0.3 is 15.4 Å². The van der Waals surface area contributed by atoms with E-state index in [0.29, 0.717) is 18.9 Å². The number of carbonyl (C=O) groups excluding carboxylic acids is 2. The lowest BCUT2D eigenvalue weighted by Gasteiger charge is -2.24. The lowest BCUT2D eigenvalue weighted by atomic mass is 10.0. The molecule has 0 spiro atoms. The van der Waals surface area contributed by atoms with Gasteiger partial charge in [-0.2, -0.15) is 0 Å². The van der Waals surface area contributed by atoms with Gasteiger partial charge in [0.2, 0.25) is 5.91 Å². The average molecular weight is 293 g/mol. The van der Waals surface area contributed by atoms with Crippen LogP contribution in [0.5, 0.6) is 0 Å². The van der Waals surface area contributed by atoms with Gasteiger partial charge in [-0.05, 0) is 52.6 Å². The summed E-state index contributed by atoms with van der Waals surface area (Å²) in [6.45, 7) is 7.45. The standard InChI is InChI=1S/C13H24N2O3.ClH/c1-4-18-12(17)13(2,3)15-11(16)6-5-10-7-8-14-9-10;/h10,14H,4-9H2,1-3H3,(H,15,16);1H. The molecule has 112 valence electrons. The molecule has 0 radical (unpaired) electrons. The zero-order valence-corrected chi connectivity index (χ0v) is 12.8. The van der Waals surface area contributed by atoms with Gasteiger partial charge in [0, 0.05) is 6.42 Å². The molecule has 1 unspecified atom stereocenters. The van der Waals surface area contributed by atoms with Crippen LogP contribution < -0.4 is 10.6 Å². The normalized spacial score (nSPS) is 18.6. The van der Waals surface area contributed by atoms with Crippen molar-refractivity contribution in [3.8, 4) is 0 Å². The number of carbonyl (C=O) groups is 2. The van der Waals surface area contributed by atoms with E-state index in [4.69, 9.17) is 4.74 Å². The van der Waals surface area contributed by atoms with Crippen molar-refractivity contribution in [2.24, 2.45) is 5.92 Å². The van der Waals surface area contributed by atoms with Crippen LogP contribution in [0.25, 0.3) is 0 Å². The molecule has 0 saturated carbocycles. The van der Waals surface area contributed by atoms with E-state index in [0.717, 1.165) is 25.9 Å². The number of nitrogens with one attached hydrogen (secondary N) is 2. The van der Waals surface area contributed by atoms with Crippen molar-refractivity contribution in [1.82, 2.24) is 10.6 Å². The summed E-state index contributed by atoms with van der Waals surface area (Å²) in [7, 11) is 0. The number of hydrogen-bond donors (Lipinski definition) is 2. The molecule has 1 aliphatic heterocycles. The van der Waals surface area contributed by atoms with E-state index in [9.17, 15) is 9.59 Å². The predicted octanol–water partition coefficient (Wildman–Crippen LogP) is 1.26. The third-order valence-electron chi connectivity index (χ3n) is 3.18. The minimum Gasteiger partial charge on any atom is -0.464 e. The Morgan fingerprint density at radius 3 is 2.63 bits per heavy atom. The molecule has 0 aromatic heterocycles. The van der Waals surface area contributed by atoms with Crippen LogP contribution >= 0.6 is 12.4 Å². The zero-order chi connectivity index (χ0) is 13.6. The Morgan fingerprint density at radius 2 is 2.11 bits per heavy atom. The SMILES string of the molecule is CCOC(=O)C(C)(C)NC(=O)CCC1CCNC1.Cl. The maximum atomic E-state index is 11.8. The Kier molecular flexibility index (Phi) is 8.02. The number of ether oxygens (including phenoxy) is 1. The fourth-order valence-corrected chi connectivity index (χ4v) is 2.07. The molecule has 1 fully saturated rings. The smallest absolute Gasteiger partial charge is 0.331 e. The molecule has 5 nitrogen and oxygen atoms in total. The second-order valence-corrected chi connectivity index (χ2v) is 5.29. The zero-order valence-electron chi connectivity index (χ0n) is 12.0. The quantitative estimate of drug-likeness (QED) is 0.723. The maximum absolute atomic E-state index is 11.8. The van der Waals surface area contributed by atoms with E-state index in [1.54, 1.807) is 20.8 Å². The van der Waals surface area contributed by atoms with Crippen LogP contribution in [-0.2, 0) is 14.3 Å². The van der Waals surface area contributed by atoms with Crippen molar-refractivity contribution in [3.63, 3.8) is 0 Å². The third kappa shape index (κ3) is 6.25. The van der Waals surface area contributed by atoms with Crippen LogP contribution in [0.15, 0.2) is 0 Å². The van der Waals surface area contributed by atoms with Crippen LogP contribution in [0.4, 0.5) is 0 Å². The molecule has 1 heterocycles. The second kappa shape index (κ2) is 8.38. The Bertz CT molecular complexity index is 302. The molecule has 1 rings (SSSR count). The van der Waals surface area contributed by atoms with E-state index in [1.165, 1.54) is 0 Å². The summed E-state index contributed by atoms with van der Waals surface area (Å²) in [5, 5.41) is 6.00. The van der Waals surface area contributed by atoms with E-state index < -0.39 is 5.54 Å². The van der Waals surface area contributed by atoms with Crippen molar-refractivity contribution in [3.05, 3.63) is 0 Å². The molecular weight excluding hydrogens is 268 g/mol. The number of hydrogen-bond acceptors (Lipinski definition) is 4. The van der Waals surface area contributed by atoms with Crippen molar-refractivity contribution in [1.29, 1.82) is 0 Å². The molecule has 1 amide bonds. The van der Waals surface area contributed by atoms with Crippen LogP contribution in [-0.4, -0.2) is 37.1 Å². The number of esters is 1. The molecule has 0 aliphatic carbocycles. The molecule has 0 bridgehead atoms. The highest BCUT2D eigenvalue weighted by molar-refractivity contribution is 5.87. The highest BCUT2D eigenvalue weighted by Gasteiger charge is 2.30. The molecule has 19 heavy (non-hydrogen) atoms. The first kappa shape index (κ1) is 18.2. The summed E-state index contributed by atoms with van der Waals surface area (Å²) >= 11 is 0. The number of amides is 1. The summed E-state index contributed by atoms with van der Waals surface area (Å²) in [6, 6.07) is 0. The predicted molar refractivity (Wildman–Crippen MR) is 76.3 cm³/mol. The monoisotopic (exact) mass is 292 g/mol. The second-order valence-electron chi connectivity index (χ2n) is 5.29. The van der Waals surface area contributed by atoms with Gasteiger partial charge in [-0.1, -0.05) is 0 Å². The third-order valence-corrected chi connectivity index (χ3v) is 3.18. The lowest BCUT2D eigenvalue weighted by molar-refractivity contribution is -0.151. The fourth-order valence-electron chi connectivity index (χ4n) is 2.07. The van der Waals surface area contributed by atoms with Crippen molar-refractivity contribution in [2.45, 2.75) is 45.6 Å². The highest BCUT2D eigenvalue weighted by Crippen LogP contribution is 2.15. The Balaban J connectivity index is 0.00000324. The molecule has 1 saturated heterocycles. The number of rotatable bonds is 6. The van der Waals surface area contributed by atoms with E-state index >= 15 is 0 Å². The first-order valence-corrected chi connectivity index (χ1v) is 6.64. The van der Waals surface area contributed by atoms with E-state index in [-0.39, 0.29) is 24.3 Å². The van der Waals surface area contributed by atoms with Gasteiger partial charge in [0.15, 0.2) is 0 Å². The molecule has 1 atom stereocenters. The van der Waals surface area contributed by atoms with Gasteiger partial charge in [-0.15, -0.1) is 12.4 Å². The Hall–Kier alpha value is -0.810. The van der Waals surface area contributed by atoms with Crippen LogP contribution in [0.3, 0.4) is 0 Å². The van der Waals surface area contributed by atoms with Crippen molar-refractivity contribution >= 4 is 24.3 Å². The van der Waals surface area contributed by atoms with E-state index in [2.05, 4.69) is 10.6 Å². The van der Waals surface area contributed by atoms with Gasteiger partial charge in [0.1, 0.15) is 5.54 Å². The van der Waals surface area contributed by atoms with Crippen LogP contribution in [0.1, 0.15) is 40.0 Å². The summed E-state index contributed by atoms with van der Waals surface area (Å²) in [5.41, 5.74) is -0.943. The molecular formula is C13H25ClN2O3. The van der Waals surface area contributed by atoms with Gasteiger partial charge in [-0.25, -0.2) is 4.79 Å². The first-order chi connectivity index (χ1) is 8.45. The minimum absolute atomic E-state index is 0. The van der Waals surface area contributed by atoms with Gasteiger partial charge in [0.25, 0.3) is 0 Å². The Morgan fingerprint density at radius 1 is 1.42 bits per heavy atom.